The molecule has 1 aromatic carbocycles. The number of nitrogens with one attached hydrogen (secondary N) is 1. The lowest BCUT2D eigenvalue weighted by Gasteiger charge is -2.23. The van der Waals surface area contributed by atoms with Crippen LogP contribution in [0.4, 0.5) is 0 Å². The van der Waals surface area contributed by atoms with Crippen LogP contribution in [0.15, 0.2) is 47.8 Å². The average Bonchev–Trinajstić information content (AvgIpc) is 3.46. The van der Waals surface area contributed by atoms with E-state index in [9.17, 15) is 0 Å². The number of thiophene rings is 1. The Balaban J connectivity index is 0.000000476. The van der Waals surface area contributed by atoms with Crippen molar-refractivity contribution in [1.82, 2.24) is 20.0 Å². The van der Waals surface area contributed by atoms with Crippen LogP contribution in [-0.4, -0.2) is 79.6 Å². The van der Waals surface area contributed by atoms with Crippen molar-refractivity contribution in [2.24, 2.45) is 0 Å². The van der Waals surface area contributed by atoms with Crippen LogP contribution in [0.1, 0.15) is 27.9 Å². The summed E-state index contributed by atoms with van der Waals surface area (Å²) in [6.45, 7) is 5.99. The second-order valence-corrected chi connectivity index (χ2v) is 8.72. The third kappa shape index (κ3) is 10.2. The first-order chi connectivity index (χ1) is 17.4. The van der Waals surface area contributed by atoms with E-state index in [1.54, 1.807) is 0 Å². The van der Waals surface area contributed by atoms with Gasteiger partial charge in [-0.2, -0.15) is 5.10 Å². The molecule has 200 valence electrons. The van der Waals surface area contributed by atoms with Crippen molar-refractivity contribution in [2.45, 2.75) is 26.4 Å². The second kappa shape index (κ2) is 15.1. The Kier molecular flexibility index (Phi) is 12.7. The molecule has 0 saturated carbocycles. The van der Waals surface area contributed by atoms with Crippen molar-refractivity contribution in [3.63, 3.8) is 0 Å². The SMILES string of the molecule is Cc1nn(-c2ccccc2)c(C)c1CNCC(c1cccs1)N(C)C.O=C(O)C(=O)O.O=C(O)C(=O)O. The quantitative estimate of drug-likeness (QED) is 0.280. The zero-order valence-corrected chi connectivity index (χ0v) is 21.6. The van der Waals surface area contributed by atoms with E-state index in [1.165, 1.54) is 16.1 Å². The summed E-state index contributed by atoms with van der Waals surface area (Å²) >= 11 is 1.82. The number of aromatic nitrogens is 2. The molecule has 0 amide bonds. The van der Waals surface area contributed by atoms with Gasteiger partial charge in [0.25, 0.3) is 0 Å². The molecule has 0 bridgehead atoms. The van der Waals surface area contributed by atoms with Crippen LogP contribution in [0.3, 0.4) is 0 Å². The number of carboxylic acid groups (broad SMARTS) is 4. The van der Waals surface area contributed by atoms with E-state index < -0.39 is 23.9 Å². The van der Waals surface area contributed by atoms with Gasteiger partial charge in [-0.1, -0.05) is 24.3 Å². The topological polar surface area (TPSA) is 182 Å². The highest BCUT2D eigenvalue weighted by molar-refractivity contribution is 7.10. The molecule has 0 aliphatic carbocycles. The summed E-state index contributed by atoms with van der Waals surface area (Å²) in [5.41, 5.74) is 4.69. The Labute approximate surface area is 217 Å². The predicted octanol–water partition coefficient (Wildman–Crippen LogP) is 2.25. The first kappa shape index (κ1) is 31.0. The molecule has 2 heterocycles. The monoisotopic (exact) mass is 534 g/mol. The predicted molar refractivity (Wildman–Crippen MR) is 136 cm³/mol. The van der Waals surface area contributed by atoms with Crippen LogP contribution in [0.5, 0.6) is 0 Å². The van der Waals surface area contributed by atoms with Gasteiger partial charge in [0.2, 0.25) is 0 Å². The van der Waals surface area contributed by atoms with Gasteiger partial charge in [-0.25, -0.2) is 23.9 Å². The number of aryl methyl sites for hydroxylation is 1. The molecule has 3 aromatic rings. The van der Waals surface area contributed by atoms with E-state index in [4.69, 9.17) is 44.7 Å². The maximum absolute atomic E-state index is 9.10. The Morgan fingerprint density at radius 1 is 0.919 bits per heavy atom. The van der Waals surface area contributed by atoms with Gasteiger partial charge in [-0.3, -0.25) is 0 Å². The summed E-state index contributed by atoms with van der Waals surface area (Å²) in [4.78, 5) is 40.1. The van der Waals surface area contributed by atoms with Crippen molar-refractivity contribution in [3.8, 4) is 5.69 Å². The molecular weight excluding hydrogens is 504 g/mol. The summed E-state index contributed by atoms with van der Waals surface area (Å²) in [5, 5.41) is 40.1. The number of aliphatic carboxylic acids is 4. The van der Waals surface area contributed by atoms with Gasteiger partial charge in [0.15, 0.2) is 0 Å². The van der Waals surface area contributed by atoms with E-state index >= 15 is 0 Å². The lowest BCUT2D eigenvalue weighted by Crippen LogP contribution is -2.30. The fourth-order valence-corrected chi connectivity index (χ4v) is 4.03. The smallest absolute Gasteiger partial charge is 0.414 e. The second-order valence-electron chi connectivity index (χ2n) is 7.74. The van der Waals surface area contributed by atoms with Crippen molar-refractivity contribution < 1.29 is 39.6 Å². The zero-order chi connectivity index (χ0) is 28.1. The third-order valence-corrected chi connectivity index (χ3v) is 5.92. The third-order valence-electron chi connectivity index (χ3n) is 4.94. The highest BCUT2D eigenvalue weighted by Gasteiger charge is 2.17. The lowest BCUT2D eigenvalue weighted by atomic mass is 10.1. The molecule has 1 atom stereocenters. The molecule has 1 unspecified atom stereocenters. The van der Waals surface area contributed by atoms with Gasteiger partial charge in [0.1, 0.15) is 0 Å². The fourth-order valence-electron chi connectivity index (χ4n) is 3.10. The Hall–Kier alpha value is -4.07. The van der Waals surface area contributed by atoms with Gasteiger partial charge in [0.05, 0.1) is 17.4 Å². The first-order valence-electron chi connectivity index (χ1n) is 10.8. The summed E-state index contributed by atoms with van der Waals surface area (Å²) in [6, 6.07) is 15.0. The van der Waals surface area contributed by atoms with Crippen LogP contribution < -0.4 is 5.32 Å². The normalized spacial score (nSPS) is 10.9. The van der Waals surface area contributed by atoms with Gasteiger partial charge in [-0.15, -0.1) is 11.3 Å². The molecule has 0 fully saturated rings. The van der Waals surface area contributed by atoms with E-state index in [-0.39, 0.29) is 0 Å². The molecule has 5 N–H and O–H groups in total. The van der Waals surface area contributed by atoms with Crippen LogP contribution in [0.25, 0.3) is 5.69 Å². The number of carboxylic acids is 4. The molecule has 0 radical (unpaired) electrons. The fraction of sp³-hybridized carbons (Fsp3) is 0.292. The molecule has 12 nitrogen and oxygen atoms in total. The maximum Gasteiger partial charge on any atom is 0.414 e. The number of para-hydroxylation sites is 1. The van der Waals surface area contributed by atoms with E-state index in [1.807, 2.05) is 34.2 Å². The minimum absolute atomic E-state index is 0.393. The van der Waals surface area contributed by atoms with Gasteiger partial charge in [0, 0.05) is 29.2 Å². The maximum atomic E-state index is 9.10. The van der Waals surface area contributed by atoms with E-state index in [0.29, 0.717) is 6.04 Å². The first-order valence-corrected chi connectivity index (χ1v) is 11.7. The number of rotatable bonds is 7. The number of benzene rings is 1. The zero-order valence-electron chi connectivity index (χ0n) is 20.8. The molecule has 3 rings (SSSR count). The molecule has 0 saturated heterocycles. The summed E-state index contributed by atoms with van der Waals surface area (Å²) in [6.07, 6.45) is 0. The molecule has 2 aromatic heterocycles. The average molecular weight is 535 g/mol. The summed E-state index contributed by atoms with van der Waals surface area (Å²) in [5.74, 6) is -7.30. The van der Waals surface area contributed by atoms with Crippen LogP contribution in [0, 0.1) is 13.8 Å². The number of hydrogen-bond donors (Lipinski definition) is 5. The largest absolute Gasteiger partial charge is 0.473 e. The van der Waals surface area contributed by atoms with Crippen LogP contribution >= 0.6 is 11.3 Å². The standard InChI is InChI=1S/C20H26N4S.2C2H2O4/c1-15-18(16(2)24(22-15)17-9-6-5-7-10-17)13-21-14-19(23(3)4)20-11-8-12-25-20;2*3-1(4)2(5)6/h5-12,19,21H,13-14H2,1-4H3;2*(H,3,4)(H,5,6). The lowest BCUT2D eigenvalue weighted by molar-refractivity contribution is -0.159. The molecule has 13 heteroatoms. The van der Waals surface area contributed by atoms with Crippen molar-refractivity contribution in [3.05, 3.63) is 69.7 Å². The van der Waals surface area contributed by atoms with Crippen LogP contribution in [0.2, 0.25) is 0 Å². The minimum Gasteiger partial charge on any atom is -0.473 e. The van der Waals surface area contributed by atoms with Crippen LogP contribution in [-0.2, 0) is 25.7 Å². The Morgan fingerprint density at radius 2 is 1.46 bits per heavy atom. The number of likely N-dealkylation sites (N-methyl/N-ethyl adjacent to an activating group) is 1. The molecule has 37 heavy (non-hydrogen) atoms. The van der Waals surface area contributed by atoms with E-state index in [0.717, 1.165) is 24.5 Å². The Bertz CT molecular complexity index is 1130. The number of hydrogen-bond acceptors (Lipinski definition) is 8. The minimum atomic E-state index is -1.82. The van der Waals surface area contributed by atoms with Crippen molar-refractivity contribution in [1.29, 1.82) is 0 Å². The Morgan fingerprint density at radius 3 is 1.89 bits per heavy atom. The number of carbonyl (C=O) groups is 4. The van der Waals surface area contributed by atoms with Gasteiger partial charge in [-0.05, 0) is 51.5 Å². The van der Waals surface area contributed by atoms with Gasteiger partial charge >= 0.3 is 23.9 Å². The molecular formula is C24H30N4O8S. The molecule has 0 aliphatic heterocycles. The van der Waals surface area contributed by atoms with Crippen molar-refractivity contribution in [2.75, 3.05) is 20.6 Å². The number of nitrogens with zero attached hydrogens (tertiary/aromatic N) is 3. The molecule has 0 aliphatic rings. The van der Waals surface area contributed by atoms with Crippen molar-refractivity contribution >= 4 is 35.2 Å². The highest BCUT2D eigenvalue weighted by Crippen LogP contribution is 2.23. The highest BCUT2D eigenvalue weighted by atomic mass is 32.1. The van der Waals surface area contributed by atoms with E-state index in [2.05, 4.69) is 67.8 Å². The molecule has 0 spiro atoms. The summed E-state index contributed by atoms with van der Waals surface area (Å²) < 4.78 is 2.04. The van der Waals surface area contributed by atoms with Gasteiger partial charge < -0.3 is 30.6 Å². The summed E-state index contributed by atoms with van der Waals surface area (Å²) in [7, 11) is 4.27.